The molecule has 9 heteroatoms. The van der Waals surface area contributed by atoms with E-state index in [9.17, 15) is 14.4 Å². The van der Waals surface area contributed by atoms with Gasteiger partial charge in [0.05, 0.1) is 0 Å². The molecular weight excluding hydrogens is 444 g/mol. The van der Waals surface area contributed by atoms with E-state index in [0.29, 0.717) is 36.0 Å². The van der Waals surface area contributed by atoms with Crippen LogP contribution in [-0.4, -0.2) is 43.6 Å². The predicted molar refractivity (Wildman–Crippen MR) is 108 cm³/mol. The minimum Gasteiger partial charge on any atom is -0.486 e. The van der Waals surface area contributed by atoms with Crippen LogP contribution in [0.15, 0.2) is 46.9 Å². The maximum Gasteiger partial charge on any atom is 0.326 e. The van der Waals surface area contributed by atoms with E-state index in [4.69, 9.17) is 14.2 Å². The average Bonchev–Trinajstić information content (AvgIpc) is 2.72. The van der Waals surface area contributed by atoms with Crippen LogP contribution in [0.4, 0.5) is 5.69 Å². The van der Waals surface area contributed by atoms with Crippen molar-refractivity contribution in [2.24, 2.45) is 0 Å². The second-order valence-corrected chi connectivity index (χ2v) is 7.09. The Morgan fingerprint density at radius 3 is 2.48 bits per heavy atom. The summed E-state index contributed by atoms with van der Waals surface area (Å²) in [5.74, 6) is -0.498. The third kappa shape index (κ3) is 5.71. The van der Waals surface area contributed by atoms with Gasteiger partial charge in [0.1, 0.15) is 19.8 Å². The summed E-state index contributed by atoms with van der Waals surface area (Å²) in [4.78, 5) is 36.2. The molecule has 152 valence electrons. The second kappa shape index (κ2) is 9.42. The van der Waals surface area contributed by atoms with E-state index >= 15 is 0 Å². The Labute approximate surface area is 175 Å². The number of nitrogens with one attached hydrogen (secondary N) is 2. The number of ether oxygens (including phenoxy) is 3. The van der Waals surface area contributed by atoms with Gasteiger partial charge in [-0.2, -0.15) is 0 Å². The zero-order chi connectivity index (χ0) is 20.8. The van der Waals surface area contributed by atoms with Crippen molar-refractivity contribution < 1.29 is 28.6 Å². The molecule has 1 aliphatic rings. The Morgan fingerprint density at radius 1 is 1.07 bits per heavy atom. The van der Waals surface area contributed by atoms with Gasteiger partial charge in [-0.3, -0.25) is 14.4 Å². The largest absolute Gasteiger partial charge is 0.486 e. The number of carbonyl (C=O) groups excluding carboxylic acids is 3. The molecule has 1 atom stereocenters. The molecule has 1 heterocycles. The highest BCUT2D eigenvalue weighted by Crippen LogP contribution is 2.32. The van der Waals surface area contributed by atoms with Crippen molar-refractivity contribution >= 4 is 39.4 Å². The van der Waals surface area contributed by atoms with Crippen molar-refractivity contribution in [3.05, 3.63) is 52.5 Å². The van der Waals surface area contributed by atoms with E-state index in [1.54, 1.807) is 42.5 Å². The molecule has 1 aliphatic heterocycles. The van der Waals surface area contributed by atoms with E-state index in [0.717, 1.165) is 4.47 Å². The fourth-order valence-corrected chi connectivity index (χ4v) is 2.78. The Balaban J connectivity index is 1.47. The minimum absolute atomic E-state index is 0.351. The quantitative estimate of drug-likeness (QED) is 0.639. The van der Waals surface area contributed by atoms with Crippen LogP contribution >= 0.6 is 15.9 Å². The molecule has 0 saturated heterocycles. The van der Waals surface area contributed by atoms with E-state index in [2.05, 4.69) is 26.6 Å². The van der Waals surface area contributed by atoms with Gasteiger partial charge in [0, 0.05) is 21.8 Å². The zero-order valence-corrected chi connectivity index (χ0v) is 17.2. The van der Waals surface area contributed by atoms with Gasteiger partial charge in [0.2, 0.25) is 0 Å². The average molecular weight is 463 g/mol. The number of rotatable bonds is 6. The number of esters is 1. The Hall–Kier alpha value is -3.07. The molecule has 2 aromatic rings. The fraction of sp³-hybridized carbons (Fsp3) is 0.250. The molecule has 2 N–H and O–H groups in total. The highest BCUT2D eigenvalue weighted by molar-refractivity contribution is 9.10. The Bertz CT molecular complexity index is 916. The Morgan fingerprint density at radius 2 is 1.76 bits per heavy atom. The molecule has 8 nitrogen and oxygen atoms in total. The molecule has 29 heavy (non-hydrogen) atoms. The van der Waals surface area contributed by atoms with Crippen LogP contribution in [0.2, 0.25) is 0 Å². The maximum atomic E-state index is 12.3. The third-order valence-corrected chi connectivity index (χ3v) is 4.52. The highest BCUT2D eigenvalue weighted by Gasteiger charge is 2.20. The van der Waals surface area contributed by atoms with E-state index < -0.39 is 23.9 Å². The van der Waals surface area contributed by atoms with E-state index in [-0.39, 0.29) is 6.54 Å². The lowest BCUT2D eigenvalue weighted by atomic mass is 10.2. The molecule has 0 radical (unpaired) electrons. The molecule has 0 aromatic heterocycles. The zero-order valence-electron chi connectivity index (χ0n) is 15.6. The van der Waals surface area contributed by atoms with Crippen LogP contribution in [0.5, 0.6) is 11.5 Å². The van der Waals surface area contributed by atoms with Crippen LogP contribution < -0.4 is 20.1 Å². The van der Waals surface area contributed by atoms with Crippen molar-refractivity contribution in [1.82, 2.24) is 5.32 Å². The third-order valence-electron chi connectivity index (χ3n) is 3.99. The first-order chi connectivity index (χ1) is 13.9. The van der Waals surface area contributed by atoms with Crippen LogP contribution in [0.3, 0.4) is 0 Å². The first-order valence-electron chi connectivity index (χ1n) is 8.86. The van der Waals surface area contributed by atoms with Gasteiger partial charge in [0.15, 0.2) is 17.6 Å². The number of carbonyl (C=O) groups is 3. The fourth-order valence-electron chi connectivity index (χ4n) is 2.51. The summed E-state index contributed by atoms with van der Waals surface area (Å²) in [6.45, 7) is 2.01. The molecule has 3 rings (SSSR count). The van der Waals surface area contributed by atoms with Crippen molar-refractivity contribution in [2.75, 3.05) is 25.1 Å². The lowest BCUT2D eigenvalue weighted by Crippen LogP contribution is -2.35. The number of fused-ring (bicyclic) bond motifs is 1. The number of hydrogen-bond acceptors (Lipinski definition) is 6. The molecule has 0 spiro atoms. The van der Waals surface area contributed by atoms with Crippen LogP contribution in [0.25, 0.3) is 0 Å². The lowest BCUT2D eigenvalue weighted by molar-refractivity contribution is -0.152. The summed E-state index contributed by atoms with van der Waals surface area (Å²) in [5, 5.41) is 5.11. The first kappa shape index (κ1) is 20.7. The van der Waals surface area contributed by atoms with E-state index in [1.807, 2.05) is 0 Å². The molecule has 0 fully saturated rings. The monoisotopic (exact) mass is 462 g/mol. The first-order valence-corrected chi connectivity index (χ1v) is 9.65. The summed E-state index contributed by atoms with van der Waals surface area (Å²) in [6.07, 6.45) is -1.04. The van der Waals surface area contributed by atoms with Crippen molar-refractivity contribution in [3.63, 3.8) is 0 Å². The standard InChI is InChI=1S/C20H19BrN2O6/c1-12(19(25)23-15-6-7-16-17(10-15)28-9-8-27-16)29-18(24)11-22-20(26)13-2-4-14(21)5-3-13/h2-7,10,12H,8-9,11H2,1H3,(H,22,26)(H,23,25)/t12-/m0/s1. The molecule has 0 bridgehead atoms. The smallest absolute Gasteiger partial charge is 0.326 e. The molecule has 0 aliphatic carbocycles. The normalized spacial score (nSPS) is 13.2. The minimum atomic E-state index is -1.04. The number of halogens is 1. The number of benzene rings is 2. The van der Waals surface area contributed by atoms with Gasteiger partial charge in [-0.25, -0.2) is 0 Å². The van der Waals surface area contributed by atoms with Gasteiger partial charge in [-0.15, -0.1) is 0 Å². The van der Waals surface area contributed by atoms with E-state index in [1.165, 1.54) is 6.92 Å². The predicted octanol–water partition coefficient (Wildman–Crippen LogP) is 2.52. The van der Waals surface area contributed by atoms with Gasteiger partial charge in [-0.05, 0) is 43.3 Å². The summed E-state index contributed by atoms with van der Waals surface area (Å²) >= 11 is 3.28. The highest BCUT2D eigenvalue weighted by atomic mass is 79.9. The Kier molecular flexibility index (Phi) is 6.71. The van der Waals surface area contributed by atoms with Crippen molar-refractivity contribution in [3.8, 4) is 11.5 Å². The summed E-state index contributed by atoms with van der Waals surface area (Å²) < 4.78 is 16.8. The number of amides is 2. The topological polar surface area (TPSA) is 103 Å². The van der Waals surface area contributed by atoms with Crippen molar-refractivity contribution in [2.45, 2.75) is 13.0 Å². The lowest BCUT2D eigenvalue weighted by Gasteiger charge is -2.19. The maximum absolute atomic E-state index is 12.3. The summed E-state index contributed by atoms with van der Waals surface area (Å²) in [6, 6.07) is 11.7. The molecule has 0 saturated carbocycles. The van der Waals surface area contributed by atoms with Crippen LogP contribution in [0, 0.1) is 0 Å². The van der Waals surface area contributed by atoms with Crippen LogP contribution in [-0.2, 0) is 14.3 Å². The number of anilines is 1. The van der Waals surface area contributed by atoms with Crippen LogP contribution in [0.1, 0.15) is 17.3 Å². The second-order valence-electron chi connectivity index (χ2n) is 6.17. The summed E-state index contributed by atoms with van der Waals surface area (Å²) in [7, 11) is 0. The van der Waals surface area contributed by atoms with Crippen molar-refractivity contribution in [1.29, 1.82) is 0 Å². The van der Waals surface area contributed by atoms with Gasteiger partial charge >= 0.3 is 5.97 Å². The summed E-state index contributed by atoms with van der Waals surface area (Å²) in [5.41, 5.74) is 0.899. The molecule has 2 aromatic carbocycles. The molecule has 0 unspecified atom stereocenters. The van der Waals surface area contributed by atoms with Gasteiger partial charge in [-0.1, -0.05) is 15.9 Å². The van der Waals surface area contributed by atoms with Gasteiger partial charge in [0.25, 0.3) is 11.8 Å². The van der Waals surface area contributed by atoms with Gasteiger partial charge < -0.3 is 24.8 Å². The molecule has 2 amide bonds. The number of hydrogen-bond donors (Lipinski definition) is 2. The molecular formula is C20H19BrN2O6. The SMILES string of the molecule is C[C@H](OC(=O)CNC(=O)c1ccc(Br)cc1)C(=O)Nc1ccc2c(c1)OCCO2.